The molecule has 1 aromatic carbocycles. The van der Waals surface area contributed by atoms with Crippen molar-refractivity contribution in [3.8, 4) is 23.3 Å². The third-order valence-corrected chi connectivity index (χ3v) is 9.98. The fraction of sp³-hybridized carbons (Fsp3) is 0.485. The minimum Gasteiger partial charge on any atom is -0.462 e. The first-order valence-electron chi connectivity index (χ1n) is 15.4. The number of halogens is 2. The highest BCUT2D eigenvalue weighted by Crippen LogP contribution is 2.59. The lowest BCUT2D eigenvalue weighted by atomic mass is 9.91. The average molecular weight is 600 g/mol. The molecular formula is C33H35F2N7O2. The Labute approximate surface area is 255 Å². The second kappa shape index (κ2) is 11.1. The molecule has 2 aliphatic heterocycles. The Hall–Kier alpha value is -4.17. The van der Waals surface area contributed by atoms with Gasteiger partial charge in [-0.15, -0.1) is 0 Å². The van der Waals surface area contributed by atoms with E-state index in [9.17, 15) is 14.4 Å². The maximum absolute atomic E-state index is 16.7. The van der Waals surface area contributed by atoms with E-state index in [0.717, 1.165) is 50.6 Å². The molecule has 1 saturated carbocycles. The van der Waals surface area contributed by atoms with E-state index in [1.165, 1.54) is 16.0 Å². The molecule has 7 rings (SSSR count). The van der Waals surface area contributed by atoms with E-state index in [0.29, 0.717) is 17.8 Å². The number of benzene rings is 1. The summed E-state index contributed by atoms with van der Waals surface area (Å²) < 4.78 is 36.6. The van der Waals surface area contributed by atoms with Gasteiger partial charge in [0.05, 0.1) is 23.9 Å². The Bertz CT molecular complexity index is 1700. The Balaban J connectivity index is 1.30. The molecule has 2 aliphatic carbocycles. The van der Waals surface area contributed by atoms with Gasteiger partial charge in [0.2, 0.25) is 0 Å². The number of carbonyl (C=O) groups is 1. The van der Waals surface area contributed by atoms with Crippen LogP contribution in [-0.4, -0.2) is 82.6 Å². The Morgan fingerprint density at radius 2 is 2.05 bits per heavy atom. The molecular weight excluding hydrogens is 564 g/mol. The minimum atomic E-state index is -1.07. The third kappa shape index (κ3) is 4.85. The van der Waals surface area contributed by atoms with Crippen LogP contribution in [0.2, 0.25) is 0 Å². The summed E-state index contributed by atoms with van der Waals surface area (Å²) in [5.74, 6) is -2.01. The highest BCUT2D eigenvalue weighted by Gasteiger charge is 2.50. The van der Waals surface area contributed by atoms with Crippen LogP contribution in [0.4, 0.5) is 14.6 Å². The van der Waals surface area contributed by atoms with Gasteiger partial charge in [0.15, 0.2) is 11.6 Å². The first kappa shape index (κ1) is 28.6. The van der Waals surface area contributed by atoms with E-state index in [4.69, 9.17) is 9.72 Å². The molecule has 0 bridgehead atoms. The molecule has 3 fully saturated rings. The van der Waals surface area contributed by atoms with Gasteiger partial charge in [-0.25, -0.2) is 8.78 Å². The molecule has 2 saturated heterocycles. The van der Waals surface area contributed by atoms with Gasteiger partial charge in [-0.2, -0.15) is 15.2 Å². The maximum atomic E-state index is 16.7. The summed E-state index contributed by atoms with van der Waals surface area (Å²) in [7, 11) is 2.05. The zero-order valence-corrected chi connectivity index (χ0v) is 24.9. The van der Waals surface area contributed by atoms with Crippen LogP contribution in [0, 0.1) is 17.1 Å². The van der Waals surface area contributed by atoms with Crippen molar-refractivity contribution in [3.05, 3.63) is 53.7 Å². The van der Waals surface area contributed by atoms with Crippen LogP contribution in [0.15, 0.2) is 36.8 Å². The van der Waals surface area contributed by atoms with Crippen molar-refractivity contribution in [2.24, 2.45) is 0 Å². The number of rotatable bonds is 7. The van der Waals surface area contributed by atoms with Crippen LogP contribution in [0.25, 0.3) is 22.2 Å². The summed E-state index contributed by atoms with van der Waals surface area (Å²) in [5, 5.41) is 9.89. The molecule has 4 aliphatic rings. The first-order chi connectivity index (χ1) is 21.3. The van der Waals surface area contributed by atoms with Crippen molar-refractivity contribution in [2.75, 3.05) is 44.7 Å². The van der Waals surface area contributed by atoms with Crippen molar-refractivity contribution < 1.29 is 18.3 Å². The number of piperazine rings is 1. The van der Waals surface area contributed by atoms with Gasteiger partial charge in [-0.3, -0.25) is 9.78 Å². The number of likely N-dealkylation sites (N-methyl/N-ethyl adjacent to an activating group) is 1. The summed E-state index contributed by atoms with van der Waals surface area (Å²) in [6.07, 6.45) is 7.98. The average Bonchev–Trinajstić information content (AvgIpc) is 3.55. The number of aryl methyl sites for hydroxylation is 1. The highest BCUT2D eigenvalue weighted by molar-refractivity contribution is 5.93. The number of likely N-dealkylation sites (tertiary alicyclic amines) is 1. The Morgan fingerprint density at radius 3 is 2.77 bits per heavy atom. The van der Waals surface area contributed by atoms with Crippen LogP contribution < -0.4 is 9.64 Å². The lowest BCUT2D eigenvalue weighted by Crippen LogP contribution is -2.55. The van der Waals surface area contributed by atoms with E-state index in [-0.39, 0.29) is 54.7 Å². The molecule has 0 N–H and O–H groups in total. The fourth-order valence-electron chi connectivity index (χ4n) is 7.41. The number of aromatic nitrogens is 3. The maximum Gasteiger partial charge on any atom is 0.319 e. The molecule has 11 heteroatoms. The molecule has 2 aromatic heterocycles. The first-order valence-corrected chi connectivity index (χ1v) is 15.4. The molecule has 9 nitrogen and oxygen atoms in total. The van der Waals surface area contributed by atoms with Crippen LogP contribution in [0.5, 0.6) is 6.01 Å². The van der Waals surface area contributed by atoms with Crippen molar-refractivity contribution in [2.45, 2.75) is 62.4 Å². The van der Waals surface area contributed by atoms with Crippen LogP contribution in [-0.2, 0) is 16.6 Å². The quantitative estimate of drug-likeness (QED) is 0.361. The summed E-state index contributed by atoms with van der Waals surface area (Å²) in [5.41, 5.74) is 3.82. The molecule has 1 spiro atoms. The monoisotopic (exact) mass is 599 g/mol. The number of ether oxygens (including phenoxy) is 1. The number of anilines is 1. The lowest BCUT2D eigenvalue weighted by molar-refractivity contribution is -0.131. The zero-order chi connectivity index (χ0) is 30.6. The van der Waals surface area contributed by atoms with Gasteiger partial charge in [-0.05, 0) is 68.7 Å². The van der Waals surface area contributed by atoms with Gasteiger partial charge in [0.1, 0.15) is 23.6 Å². The molecule has 44 heavy (non-hydrogen) atoms. The van der Waals surface area contributed by atoms with Gasteiger partial charge in [0.25, 0.3) is 5.91 Å². The number of hydrogen-bond donors (Lipinski definition) is 0. The van der Waals surface area contributed by atoms with Gasteiger partial charge >= 0.3 is 6.01 Å². The van der Waals surface area contributed by atoms with E-state index >= 15 is 4.39 Å². The molecule has 3 aromatic rings. The van der Waals surface area contributed by atoms with Crippen LogP contribution in [0.3, 0.4) is 0 Å². The molecule has 1 amide bonds. The Morgan fingerprint density at radius 1 is 1.20 bits per heavy atom. The summed E-state index contributed by atoms with van der Waals surface area (Å²) in [6, 6.07) is 7.83. The third-order valence-electron chi connectivity index (χ3n) is 9.98. The second-order valence-electron chi connectivity index (χ2n) is 12.6. The van der Waals surface area contributed by atoms with Gasteiger partial charge in [0, 0.05) is 37.4 Å². The van der Waals surface area contributed by atoms with Crippen molar-refractivity contribution >= 4 is 22.6 Å². The number of hydrogen-bond acceptors (Lipinski definition) is 8. The normalized spacial score (nSPS) is 22.3. The van der Waals surface area contributed by atoms with E-state index in [2.05, 4.69) is 40.6 Å². The lowest BCUT2D eigenvalue weighted by Gasteiger charge is -2.41. The zero-order valence-electron chi connectivity index (χ0n) is 24.9. The van der Waals surface area contributed by atoms with Gasteiger partial charge in [-0.1, -0.05) is 24.8 Å². The summed E-state index contributed by atoms with van der Waals surface area (Å²) >= 11 is 0. The van der Waals surface area contributed by atoms with Crippen LogP contribution in [0.1, 0.15) is 49.7 Å². The number of pyridine rings is 1. The molecule has 0 unspecified atom stereocenters. The SMILES string of the molecule is C=C(F)C(=O)N1CCN(c2nc(OC[C@@H]3CCCN3C)nc3c(F)c(-c4cccc5c4C4(CC5)CC4)ncc23)C[C@@H]1CC#N. The standard InChI is InChI=1S/C33H35F2N7O2/c1-20(34)31(43)42-16-15-41(18-22(42)9-13-36)30-25-17-37-28(24-7-3-5-21-8-10-33(11-12-33)26(21)24)27(35)29(25)38-32(39-30)44-19-23-6-4-14-40(23)2/h3,5,7,17,22-23H,1,4,6,8-12,14-16,18-19H2,2H3/t22-,23-/m0/s1. The van der Waals surface area contributed by atoms with E-state index in [1.54, 1.807) is 6.20 Å². The van der Waals surface area contributed by atoms with Crippen LogP contribution >= 0.6 is 0 Å². The van der Waals surface area contributed by atoms with Gasteiger partial charge < -0.3 is 19.4 Å². The molecule has 4 heterocycles. The van der Waals surface area contributed by atoms with E-state index in [1.807, 2.05) is 17.0 Å². The Kier molecular flexibility index (Phi) is 7.20. The van der Waals surface area contributed by atoms with Crippen molar-refractivity contribution in [1.29, 1.82) is 5.26 Å². The number of fused-ring (bicyclic) bond motifs is 3. The second-order valence-corrected chi connectivity index (χ2v) is 12.6. The summed E-state index contributed by atoms with van der Waals surface area (Å²) in [4.78, 5) is 31.9. The number of nitriles is 1. The topological polar surface area (TPSA) is 98.5 Å². The largest absolute Gasteiger partial charge is 0.462 e. The number of carbonyl (C=O) groups excluding carboxylic acids is 1. The molecule has 228 valence electrons. The predicted octanol–water partition coefficient (Wildman–Crippen LogP) is 4.70. The summed E-state index contributed by atoms with van der Waals surface area (Å²) in [6.45, 7) is 5.13. The van der Waals surface area contributed by atoms with Crippen molar-refractivity contribution in [1.82, 2.24) is 24.8 Å². The van der Waals surface area contributed by atoms with Crippen molar-refractivity contribution in [3.63, 3.8) is 0 Å². The number of amides is 1. The predicted molar refractivity (Wildman–Crippen MR) is 161 cm³/mol. The number of nitrogens with zero attached hydrogens (tertiary/aromatic N) is 7. The highest BCUT2D eigenvalue weighted by atomic mass is 19.1. The van der Waals surface area contributed by atoms with E-state index < -0.39 is 23.6 Å². The smallest absolute Gasteiger partial charge is 0.319 e. The molecule has 2 atom stereocenters. The fourth-order valence-corrected chi connectivity index (χ4v) is 7.41. The minimum absolute atomic E-state index is 0.00641. The molecule has 0 radical (unpaired) electrons.